The molecule has 17 heteroatoms. The van der Waals surface area contributed by atoms with Crippen LogP contribution in [-0.2, 0) is 48.0 Å². The molecule has 284 valence electrons. The van der Waals surface area contributed by atoms with Gasteiger partial charge in [-0.1, -0.05) is 36.4 Å². The van der Waals surface area contributed by atoms with Crippen LogP contribution >= 0.6 is 0 Å². The number of benzene rings is 3. The molecule has 0 fully saturated rings. The first-order valence-electron chi connectivity index (χ1n) is 16.6. The first-order valence-corrected chi connectivity index (χ1v) is 16.6. The molecule has 0 spiro atoms. The van der Waals surface area contributed by atoms with Gasteiger partial charge in [0.2, 0.25) is 23.6 Å². The molecule has 0 bridgehead atoms. The number of amides is 4. The van der Waals surface area contributed by atoms with E-state index in [4.69, 9.17) is 21.9 Å². The minimum Gasteiger partial charge on any atom is -0.508 e. The van der Waals surface area contributed by atoms with Crippen molar-refractivity contribution < 1.29 is 44.0 Å². The van der Waals surface area contributed by atoms with Crippen molar-refractivity contribution in [2.45, 2.75) is 56.3 Å². The van der Waals surface area contributed by atoms with Crippen LogP contribution in [0.25, 0.3) is 0 Å². The molecule has 4 amide bonds. The molecule has 3 aromatic rings. The lowest BCUT2D eigenvalue weighted by Crippen LogP contribution is -2.57. The van der Waals surface area contributed by atoms with Crippen LogP contribution < -0.4 is 38.5 Å². The highest BCUT2D eigenvalue weighted by molar-refractivity contribution is 5.95. The van der Waals surface area contributed by atoms with E-state index in [1.165, 1.54) is 36.4 Å². The summed E-state index contributed by atoms with van der Waals surface area (Å²) in [6.07, 6.45) is 0.525. The number of hydrogen-bond donors (Lipinski definition) is 10. The number of aliphatic imine (C=N–C) groups is 1. The first kappa shape index (κ1) is 41.1. The number of carbonyl (C=O) groups is 5. The summed E-state index contributed by atoms with van der Waals surface area (Å²) in [5.74, 6) is -3.71. The molecule has 3 aromatic carbocycles. The zero-order valence-corrected chi connectivity index (χ0v) is 29.2. The van der Waals surface area contributed by atoms with E-state index in [-0.39, 0.29) is 55.4 Å². The quantitative estimate of drug-likeness (QED) is 0.0306. The number of ether oxygens (including phenoxy) is 1. The molecule has 0 aromatic heterocycles. The molecule has 0 aliphatic rings. The molecule has 17 nitrogen and oxygen atoms in total. The monoisotopic (exact) mass is 734 g/mol. The Bertz CT molecular complexity index is 1710. The van der Waals surface area contributed by atoms with Gasteiger partial charge in [0, 0.05) is 25.8 Å². The molecule has 0 aliphatic carbocycles. The summed E-state index contributed by atoms with van der Waals surface area (Å²) in [5.41, 5.74) is 18.5. The summed E-state index contributed by atoms with van der Waals surface area (Å²) in [5, 5.41) is 39.4. The van der Waals surface area contributed by atoms with Crippen molar-refractivity contribution in [2.75, 3.05) is 20.2 Å². The lowest BCUT2D eigenvalue weighted by molar-refractivity contribution is -0.145. The van der Waals surface area contributed by atoms with Gasteiger partial charge >= 0.3 is 5.97 Å². The Hall–Kier alpha value is -6.36. The maximum Gasteiger partial charge on any atom is 0.328 e. The molecule has 0 saturated carbocycles. The molecule has 13 N–H and O–H groups in total. The van der Waals surface area contributed by atoms with E-state index in [1.807, 2.05) is 0 Å². The Kier molecular flexibility index (Phi) is 15.9. The van der Waals surface area contributed by atoms with E-state index in [9.17, 15) is 39.3 Å². The predicted octanol–water partition coefficient (Wildman–Crippen LogP) is -1.04. The number of aromatic hydroxyl groups is 3. The number of guanidine groups is 1. The lowest BCUT2D eigenvalue weighted by atomic mass is 10.0. The van der Waals surface area contributed by atoms with E-state index in [0.717, 1.165) is 7.11 Å². The molecular formula is C36H46N8O9. The maximum atomic E-state index is 13.8. The zero-order chi connectivity index (χ0) is 38.9. The third-order valence-corrected chi connectivity index (χ3v) is 7.94. The van der Waals surface area contributed by atoms with E-state index in [2.05, 4.69) is 26.3 Å². The van der Waals surface area contributed by atoms with Crippen LogP contribution in [0, 0.1) is 0 Å². The fourth-order valence-corrected chi connectivity index (χ4v) is 5.09. The van der Waals surface area contributed by atoms with Gasteiger partial charge in [-0.2, -0.15) is 0 Å². The average Bonchev–Trinajstić information content (AvgIpc) is 3.13. The molecule has 0 aliphatic heterocycles. The Morgan fingerprint density at radius 3 is 1.55 bits per heavy atom. The Balaban J connectivity index is 1.76. The van der Waals surface area contributed by atoms with E-state index in [0.29, 0.717) is 23.1 Å². The van der Waals surface area contributed by atoms with Crippen LogP contribution in [0.15, 0.2) is 77.8 Å². The Morgan fingerprint density at radius 1 is 0.660 bits per heavy atom. The highest BCUT2D eigenvalue weighted by Crippen LogP contribution is 2.15. The molecule has 53 heavy (non-hydrogen) atoms. The van der Waals surface area contributed by atoms with Gasteiger partial charge in [0.15, 0.2) is 5.96 Å². The van der Waals surface area contributed by atoms with Crippen molar-refractivity contribution in [3.63, 3.8) is 0 Å². The molecule has 4 atom stereocenters. The van der Waals surface area contributed by atoms with Gasteiger partial charge < -0.3 is 58.5 Å². The third-order valence-electron chi connectivity index (χ3n) is 7.94. The molecular weight excluding hydrogens is 688 g/mol. The highest BCUT2D eigenvalue weighted by Gasteiger charge is 2.29. The van der Waals surface area contributed by atoms with E-state index >= 15 is 0 Å². The Morgan fingerprint density at radius 2 is 1.09 bits per heavy atom. The van der Waals surface area contributed by atoms with E-state index < -0.39 is 60.3 Å². The molecule has 0 heterocycles. The second kappa shape index (κ2) is 20.5. The van der Waals surface area contributed by atoms with Crippen molar-refractivity contribution in [3.05, 3.63) is 89.5 Å². The van der Waals surface area contributed by atoms with Crippen molar-refractivity contribution in [1.82, 2.24) is 21.3 Å². The van der Waals surface area contributed by atoms with Gasteiger partial charge in [-0.25, -0.2) is 4.79 Å². The number of phenols is 3. The summed E-state index contributed by atoms with van der Waals surface area (Å²) in [6.45, 7) is -0.333. The summed E-state index contributed by atoms with van der Waals surface area (Å²) in [4.78, 5) is 69.7. The van der Waals surface area contributed by atoms with Crippen LogP contribution in [0.3, 0.4) is 0 Å². The minimum atomic E-state index is -1.28. The number of esters is 1. The van der Waals surface area contributed by atoms with Gasteiger partial charge in [0.05, 0.1) is 19.7 Å². The first-order chi connectivity index (χ1) is 25.2. The number of hydrogen-bond acceptors (Lipinski definition) is 11. The number of nitrogens with one attached hydrogen (secondary N) is 4. The minimum absolute atomic E-state index is 0.00508. The number of nitrogens with two attached hydrogens (primary N) is 3. The normalized spacial score (nSPS) is 12.9. The van der Waals surface area contributed by atoms with Crippen molar-refractivity contribution >= 4 is 35.6 Å². The summed E-state index contributed by atoms with van der Waals surface area (Å²) >= 11 is 0. The second-order valence-corrected chi connectivity index (χ2v) is 12.2. The molecule has 0 unspecified atom stereocenters. The average molecular weight is 735 g/mol. The SMILES string of the molecule is COC(=O)[C@H](Cc1ccc(O)cc1)NC(=O)CNC(=O)[C@H](Cc1ccc(O)cc1)NC(=O)[C@H](Cc1ccc(O)cc1)NC(=O)[C@@H](N)CCCN=C(N)N. The summed E-state index contributed by atoms with van der Waals surface area (Å²) < 4.78 is 4.82. The molecule has 0 radical (unpaired) electrons. The van der Waals surface area contributed by atoms with Crippen molar-refractivity contribution in [1.29, 1.82) is 0 Å². The number of rotatable bonds is 19. The van der Waals surface area contributed by atoms with Crippen molar-refractivity contribution in [2.24, 2.45) is 22.2 Å². The maximum absolute atomic E-state index is 13.8. The van der Waals surface area contributed by atoms with Gasteiger partial charge in [-0.05, 0) is 65.9 Å². The van der Waals surface area contributed by atoms with Crippen LogP contribution in [-0.4, -0.2) is 95.2 Å². The number of carbonyl (C=O) groups excluding carboxylic acids is 5. The predicted molar refractivity (Wildman–Crippen MR) is 194 cm³/mol. The summed E-state index contributed by atoms with van der Waals surface area (Å²) in [7, 11) is 1.16. The van der Waals surface area contributed by atoms with Gasteiger partial charge in [-0.15, -0.1) is 0 Å². The molecule has 0 saturated heterocycles. The zero-order valence-electron chi connectivity index (χ0n) is 29.2. The van der Waals surface area contributed by atoms with Crippen LogP contribution in [0.1, 0.15) is 29.5 Å². The van der Waals surface area contributed by atoms with Crippen LogP contribution in [0.5, 0.6) is 17.2 Å². The molecule has 3 rings (SSSR count). The lowest BCUT2D eigenvalue weighted by Gasteiger charge is -2.25. The Labute approximate surface area is 306 Å². The summed E-state index contributed by atoms with van der Waals surface area (Å²) in [6, 6.07) is 13.3. The smallest absolute Gasteiger partial charge is 0.328 e. The second-order valence-electron chi connectivity index (χ2n) is 12.2. The van der Waals surface area contributed by atoms with Gasteiger partial charge in [0.1, 0.15) is 35.4 Å². The fraction of sp³-hybridized carbons (Fsp3) is 0.333. The third kappa shape index (κ3) is 14.4. The fourth-order valence-electron chi connectivity index (χ4n) is 5.09. The highest BCUT2D eigenvalue weighted by atomic mass is 16.5. The van der Waals surface area contributed by atoms with Gasteiger partial charge in [0.25, 0.3) is 0 Å². The van der Waals surface area contributed by atoms with Gasteiger partial charge in [-0.3, -0.25) is 24.2 Å². The van der Waals surface area contributed by atoms with E-state index in [1.54, 1.807) is 36.4 Å². The van der Waals surface area contributed by atoms with Crippen LogP contribution in [0.2, 0.25) is 0 Å². The van der Waals surface area contributed by atoms with Crippen LogP contribution in [0.4, 0.5) is 0 Å². The topological polar surface area (TPSA) is 294 Å². The largest absolute Gasteiger partial charge is 0.508 e. The number of nitrogens with zero attached hydrogens (tertiary/aromatic N) is 1. The standard InChI is InChI=1S/C36H46N8O9/c1-53-35(52)30(19-23-8-14-26(47)15-9-23)42-31(48)20-41-33(50)28(17-21-4-10-24(45)11-5-21)44-34(51)29(18-22-6-12-25(46)13-7-22)43-32(49)27(37)3-2-16-40-36(38)39/h4-15,27-30,45-47H,2-3,16-20,37H2,1H3,(H,41,50)(H,42,48)(H,43,49)(H,44,51)(H4,38,39,40)/t27-,28-,29-,30-/m0/s1. The number of methoxy groups -OCH3 is 1. The van der Waals surface area contributed by atoms with Crippen molar-refractivity contribution in [3.8, 4) is 17.2 Å². The number of phenolic OH excluding ortho intramolecular Hbond substituents is 3.